The van der Waals surface area contributed by atoms with Gasteiger partial charge in [-0.15, -0.1) is 0 Å². The number of benzene rings is 1. The van der Waals surface area contributed by atoms with Gasteiger partial charge in [0.05, 0.1) is 5.92 Å². The zero-order valence-electron chi connectivity index (χ0n) is 9.24. The summed E-state index contributed by atoms with van der Waals surface area (Å²) < 4.78 is 0. The molecule has 0 aliphatic heterocycles. The number of hydrogen-bond donors (Lipinski definition) is 2. The second kappa shape index (κ2) is 4.34. The van der Waals surface area contributed by atoms with Gasteiger partial charge in [-0.25, -0.2) is 0 Å². The van der Waals surface area contributed by atoms with E-state index >= 15 is 0 Å². The smallest absolute Gasteiger partial charge is 0.306 e. The van der Waals surface area contributed by atoms with Crippen molar-refractivity contribution in [1.29, 1.82) is 0 Å². The van der Waals surface area contributed by atoms with Crippen molar-refractivity contribution in [2.45, 2.75) is 27.2 Å². The van der Waals surface area contributed by atoms with Crippen LogP contribution >= 0.6 is 0 Å². The summed E-state index contributed by atoms with van der Waals surface area (Å²) in [5.41, 5.74) is 2.91. The Hall–Kier alpha value is -1.51. The third-order valence-electron chi connectivity index (χ3n) is 2.61. The van der Waals surface area contributed by atoms with Crippen LogP contribution in [-0.2, 0) is 11.2 Å². The molecule has 0 amide bonds. The minimum absolute atomic E-state index is 0.233. The van der Waals surface area contributed by atoms with Crippen LogP contribution in [0.15, 0.2) is 12.1 Å². The number of aromatic hydroxyl groups is 1. The molecule has 1 aromatic carbocycles. The van der Waals surface area contributed by atoms with Gasteiger partial charge in [0.15, 0.2) is 0 Å². The van der Waals surface area contributed by atoms with Crippen LogP contribution < -0.4 is 0 Å². The first kappa shape index (κ1) is 11.6. The Labute approximate surface area is 89.4 Å². The molecule has 1 aromatic rings. The summed E-state index contributed by atoms with van der Waals surface area (Å²) in [6.07, 6.45) is 0.507. The molecule has 2 N–H and O–H groups in total. The zero-order valence-corrected chi connectivity index (χ0v) is 9.24. The molecular formula is C12H16O3. The molecule has 0 aromatic heterocycles. The molecule has 0 radical (unpaired) electrons. The summed E-state index contributed by atoms with van der Waals surface area (Å²) in [4.78, 5) is 10.7. The monoisotopic (exact) mass is 208 g/mol. The maximum atomic E-state index is 10.7. The third kappa shape index (κ3) is 2.72. The number of carbonyl (C=O) groups is 1. The quantitative estimate of drug-likeness (QED) is 0.801. The Balaban J connectivity index is 3.00. The van der Waals surface area contributed by atoms with Gasteiger partial charge >= 0.3 is 5.97 Å². The molecule has 0 fully saturated rings. The molecule has 0 spiro atoms. The Morgan fingerprint density at radius 2 is 1.80 bits per heavy atom. The Kier molecular flexibility index (Phi) is 3.35. The van der Waals surface area contributed by atoms with Crippen molar-refractivity contribution >= 4 is 5.97 Å². The molecule has 0 aliphatic rings. The molecule has 0 unspecified atom stereocenters. The van der Waals surface area contributed by atoms with E-state index in [1.165, 1.54) is 0 Å². The molecule has 82 valence electrons. The van der Waals surface area contributed by atoms with Gasteiger partial charge in [0.25, 0.3) is 0 Å². The molecule has 3 nitrogen and oxygen atoms in total. The average Bonchev–Trinajstić information content (AvgIpc) is 2.10. The Morgan fingerprint density at radius 1 is 1.33 bits per heavy atom. The minimum Gasteiger partial charge on any atom is -0.508 e. The third-order valence-corrected chi connectivity index (χ3v) is 2.61. The van der Waals surface area contributed by atoms with E-state index in [2.05, 4.69) is 0 Å². The van der Waals surface area contributed by atoms with Crippen LogP contribution in [0.3, 0.4) is 0 Å². The average molecular weight is 208 g/mol. The number of phenolic OH excluding ortho intramolecular Hbond substituents is 1. The lowest BCUT2D eigenvalue weighted by atomic mass is 9.93. The maximum absolute atomic E-state index is 10.7. The lowest BCUT2D eigenvalue weighted by Gasteiger charge is -2.12. The predicted molar refractivity (Wildman–Crippen MR) is 58.1 cm³/mol. The van der Waals surface area contributed by atoms with Gasteiger partial charge in [-0.05, 0) is 49.1 Å². The van der Waals surface area contributed by atoms with Crippen molar-refractivity contribution in [3.05, 3.63) is 28.8 Å². The molecule has 0 heterocycles. The van der Waals surface area contributed by atoms with E-state index in [-0.39, 0.29) is 5.75 Å². The topological polar surface area (TPSA) is 57.5 Å². The number of rotatable bonds is 3. The van der Waals surface area contributed by atoms with Gasteiger partial charge in [0, 0.05) is 0 Å². The van der Waals surface area contributed by atoms with E-state index in [0.717, 1.165) is 16.7 Å². The normalized spacial score (nSPS) is 12.5. The van der Waals surface area contributed by atoms with E-state index in [1.54, 1.807) is 19.1 Å². The summed E-state index contributed by atoms with van der Waals surface area (Å²) in [6.45, 7) is 5.46. The van der Waals surface area contributed by atoms with Crippen LogP contribution in [0.1, 0.15) is 23.6 Å². The standard InChI is InChI=1S/C12H16O3/c1-7-4-10(13)5-8(2)11(7)6-9(3)12(14)15/h4-5,9,13H,6H2,1-3H3,(H,14,15)/t9-/m1/s1. The summed E-state index contributed by atoms with van der Waals surface area (Å²) in [6, 6.07) is 3.33. The lowest BCUT2D eigenvalue weighted by Crippen LogP contribution is -2.13. The van der Waals surface area contributed by atoms with Crippen molar-refractivity contribution in [1.82, 2.24) is 0 Å². The molecule has 0 bridgehead atoms. The van der Waals surface area contributed by atoms with Gasteiger partial charge < -0.3 is 10.2 Å². The van der Waals surface area contributed by atoms with Crippen LogP contribution in [0.5, 0.6) is 5.75 Å². The highest BCUT2D eigenvalue weighted by Crippen LogP contribution is 2.23. The molecule has 1 atom stereocenters. The van der Waals surface area contributed by atoms with Crippen molar-refractivity contribution in [3.63, 3.8) is 0 Å². The Morgan fingerprint density at radius 3 is 2.20 bits per heavy atom. The molecular weight excluding hydrogens is 192 g/mol. The summed E-state index contributed by atoms with van der Waals surface area (Å²) >= 11 is 0. The molecule has 0 saturated carbocycles. The minimum atomic E-state index is -0.790. The first-order valence-electron chi connectivity index (χ1n) is 4.93. The molecule has 0 aliphatic carbocycles. The first-order chi connectivity index (χ1) is 6.91. The molecule has 3 heteroatoms. The fraction of sp³-hybridized carbons (Fsp3) is 0.417. The summed E-state index contributed by atoms with van der Waals surface area (Å²) in [5.74, 6) is -0.953. The van der Waals surface area contributed by atoms with Crippen molar-refractivity contribution < 1.29 is 15.0 Å². The number of aryl methyl sites for hydroxylation is 2. The van der Waals surface area contributed by atoms with Gasteiger partial charge in [-0.2, -0.15) is 0 Å². The zero-order chi connectivity index (χ0) is 11.6. The van der Waals surface area contributed by atoms with Crippen molar-refractivity contribution in [3.8, 4) is 5.75 Å². The number of aliphatic carboxylic acids is 1. The van der Waals surface area contributed by atoms with Crippen LogP contribution in [0.4, 0.5) is 0 Å². The molecule has 0 saturated heterocycles. The van der Waals surface area contributed by atoms with Gasteiger partial charge in [-0.1, -0.05) is 6.92 Å². The van der Waals surface area contributed by atoms with Crippen molar-refractivity contribution in [2.24, 2.45) is 5.92 Å². The number of carboxylic acids is 1. The second-order valence-electron chi connectivity index (χ2n) is 4.00. The lowest BCUT2D eigenvalue weighted by molar-refractivity contribution is -0.141. The predicted octanol–water partition coefficient (Wildman–Crippen LogP) is 2.27. The van der Waals surface area contributed by atoms with Gasteiger partial charge in [0.1, 0.15) is 5.75 Å². The van der Waals surface area contributed by atoms with Crippen LogP contribution in [0, 0.1) is 19.8 Å². The van der Waals surface area contributed by atoms with E-state index in [4.69, 9.17) is 5.11 Å². The van der Waals surface area contributed by atoms with Gasteiger partial charge in [0.2, 0.25) is 0 Å². The molecule has 15 heavy (non-hydrogen) atoms. The highest BCUT2D eigenvalue weighted by atomic mass is 16.4. The molecule has 1 rings (SSSR count). The Bertz CT molecular complexity index is 359. The maximum Gasteiger partial charge on any atom is 0.306 e. The second-order valence-corrected chi connectivity index (χ2v) is 4.00. The van der Waals surface area contributed by atoms with E-state index < -0.39 is 11.9 Å². The first-order valence-corrected chi connectivity index (χ1v) is 4.93. The van der Waals surface area contributed by atoms with Gasteiger partial charge in [-0.3, -0.25) is 4.79 Å². The highest BCUT2D eigenvalue weighted by Gasteiger charge is 2.14. The fourth-order valence-corrected chi connectivity index (χ4v) is 1.69. The summed E-state index contributed by atoms with van der Waals surface area (Å²) in [7, 11) is 0. The fourth-order valence-electron chi connectivity index (χ4n) is 1.69. The number of hydrogen-bond acceptors (Lipinski definition) is 2. The van der Waals surface area contributed by atoms with Crippen molar-refractivity contribution in [2.75, 3.05) is 0 Å². The van der Waals surface area contributed by atoms with E-state index in [1.807, 2.05) is 13.8 Å². The van der Waals surface area contributed by atoms with Crippen LogP contribution in [0.25, 0.3) is 0 Å². The highest BCUT2D eigenvalue weighted by molar-refractivity contribution is 5.70. The largest absolute Gasteiger partial charge is 0.508 e. The van der Waals surface area contributed by atoms with E-state index in [9.17, 15) is 9.90 Å². The van der Waals surface area contributed by atoms with E-state index in [0.29, 0.717) is 6.42 Å². The van der Waals surface area contributed by atoms with Crippen LogP contribution in [0.2, 0.25) is 0 Å². The SMILES string of the molecule is Cc1cc(O)cc(C)c1C[C@@H](C)C(=O)O. The van der Waals surface area contributed by atoms with Crippen LogP contribution in [-0.4, -0.2) is 16.2 Å². The summed E-state index contributed by atoms with van der Waals surface area (Å²) in [5, 5.41) is 18.2. The number of phenols is 1. The number of carboxylic acid groups (broad SMARTS) is 1.